The number of nitrogens with zero attached hydrogens (tertiary/aromatic N) is 9. The van der Waals surface area contributed by atoms with E-state index in [0.29, 0.717) is 28.1 Å². The Hall–Kier alpha value is -10.5. The molecule has 3 aromatic carbocycles. The van der Waals surface area contributed by atoms with Gasteiger partial charge in [0, 0.05) is 60.7 Å². The maximum Gasteiger partial charge on any atom is 0.354 e. The molecular weight excluding hydrogens is 979 g/mol. The fourth-order valence-corrected chi connectivity index (χ4v) is 5.80. The molecule has 0 fully saturated rings. The highest BCUT2D eigenvalue weighted by Crippen LogP contribution is 2.23. The lowest BCUT2D eigenvalue weighted by atomic mass is 10.2. The molecule has 8 heterocycles. The van der Waals surface area contributed by atoms with Gasteiger partial charge in [0.25, 0.3) is 0 Å². The van der Waals surface area contributed by atoms with Crippen molar-refractivity contribution in [1.82, 2.24) is 54.4 Å². The number of aliphatic hydroxyl groups is 2. The third-order valence-electron chi connectivity index (χ3n) is 9.50. The van der Waals surface area contributed by atoms with Crippen molar-refractivity contribution in [1.29, 1.82) is 0 Å². The molecule has 0 saturated heterocycles. The second-order valence-corrected chi connectivity index (χ2v) is 15.0. The highest BCUT2D eigenvalue weighted by molar-refractivity contribution is 5.91. The van der Waals surface area contributed by atoms with Crippen molar-refractivity contribution in [2.24, 2.45) is 7.05 Å². The molecule has 0 aliphatic heterocycles. The molecule has 0 saturated carbocycles. The van der Waals surface area contributed by atoms with Crippen LogP contribution in [0.1, 0.15) is 43.9 Å². The second kappa shape index (κ2) is 31.8. The second-order valence-electron chi connectivity index (χ2n) is 15.0. The van der Waals surface area contributed by atoms with Crippen LogP contribution in [0, 0.1) is 6.92 Å². The van der Waals surface area contributed by atoms with Crippen LogP contribution in [0.25, 0.3) is 32.8 Å². The molecule has 0 aliphatic carbocycles. The highest BCUT2D eigenvalue weighted by Gasteiger charge is 2.07. The number of aliphatic carboxylic acids is 1. The van der Waals surface area contributed by atoms with Crippen molar-refractivity contribution >= 4 is 50.7 Å². The van der Waals surface area contributed by atoms with E-state index < -0.39 is 17.9 Å². The quantitative estimate of drug-likeness (QED) is 0.0768. The number of aromatic carboxylic acids is 2. The number of carbonyl (C=O) groups is 3. The Bertz CT molecular complexity index is 3430. The molecular formula is C54H53N11O11. The van der Waals surface area contributed by atoms with Gasteiger partial charge in [-0.15, -0.1) is 0 Å². The first-order chi connectivity index (χ1) is 36.7. The third kappa shape index (κ3) is 20.3. The summed E-state index contributed by atoms with van der Waals surface area (Å²) in [6.45, 7) is 2.03. The summed E-state index contributed by atoms with van der Waals surface area (Å²) in [5.74, 6) is -1.79. The first-order valence-corrected chi connectivity index (χ1v) is 22.4. The first-order valence-electron chi connectivity index (χ1n) is 22.4. The van der Waals surface area contributed by atoms with Gasteiger partial charge in [0.1, 0.15) is 57.6 Å². The molecule has 0 aliphatic rings. The van der Waals surface area contributed by atoms with Crippen LogP contribution in [-0.4, -0.2) is 113 Å². The summed E-state index contributed by atoms with van der Waals surface area (Å²) in [5.41, 5.74) is 4.89. The lowest BCUT2D eigenvalue weighted by Crippen LogP contribution is -2.01. The summed E-state index contributed by atoms with van der Waals surface area (Å²) < 4.78 is 1.78. The van der Waals surface area contributed by atoms with Crippen LogP contribution in [0.4, 0.5) is 0 Å². The first kappa shape index (κ1) is 58.1. The number of rotatable bonds is 6. The number of H-pyrrole nitrogens is 2. The summed E-state index contributed by atoms with van der Waals surface area (Å²) in [4.78, 5) is 67.2. The summed E-state index contributed by atoms with van der Waals surface area (Å²) >= 11 is 0. The normalized spacial score (nSPS) is 9.68. The zero-order valence-corrected chi connectivity index (χ0v) is 40.8. The maximum atomic E-state index is 10.6. The molecule has 0 unspecified atom stereocenters. The number of aromatic hydroxyl groups is 3. The fourth-order valence-electron chi connectivity index (χ4n) is 5.80. The Morgan fingerprint density at radius 1 is 0.526 bits per heavy atom. The molecule has 0 radical (unpaired) electrons. The number of nitrogens with one attached hydrogen (secondary N) is 2. The molecule has 0 atom stereocenters. The van der Waals surface area contributed by atoms with E-state index >= 15 is 0 Å². The van der Waals surface area contributed by atoms with Crippen molar-refractivity contribution < 1.29 is 55.2 Å². The minimum absolute atomic E-state index is 0.000833. The zero-order chi connectivity index (χ0) is 55.1. The highest BCUT2D eigenvalue weighted by atomic mass is 16.4. The van der Waals surface area contributed by atoms with E-state index in [2.05, 4.69) is 49.8 Å². The summed E-state index contributed by atoms with van der Waals surface area (Å²) in [7, 11) is 1.85. The van der Waals surface area contributed by atoms with Crippen molar-refractivity contribution in [3.05, 3.63) is 224 Å². The van der Waals surface area contributed by atoms with Crippen molar-refractivity contribution in [3.63, 3.8) is 0 Å². The number of pyridine rings is 5. The van der Waals surface area contributed by atoms with E-state index in [1.165, 1.54) is 30.7 Å². The number of phenols is 3. The Kier molecular flexibility index (Phi) is 24.3. The van der Waals surface area contributed by atoms with Crippen molar-refractivity contribution in [2.45, 2.75) is 26.6 Å². The van der Waals surface area contributed by atoms with Gasteiger partial charge in [-0.2, -0.15) is 0 Å². The molecule has 22 nitrogen and oxygen atoms in total. The number of phenolic OH excluding ortho intramolecular Hbond substituents is 3. The molecule has 22 heteroatoms. The van der Waals surface area contributed by atoms with Crippen LogP contribution < -0.4 is 0 Å². The van der Waals surface area contributed by atoms with Gasteiger partial charge >= 0.3 is 17.9 Å². The largest absolute Gasteiger partial charge is 0.506 e. The number of aromatic amines is 2. The number of fused-ring (bicyclic) bond motifs is 3. The van der Waals surface area contributed by atoms with Crippen molar-refractivity contribution in [2.75, 3.05) is 0 Å². The standard InChI is InChI=1S/C10H7NO3.C9H7NO.C7H6N2O.C7H7NO2.C6H5NO2.C6H7N.C5H8N2O.C4H6N2O/c12-8-3-1-2-6-4-5-7(10(13)14)11-9(6)8;11-8-5-1-3-7-4-2-6-10-9(7)8;10-6-3-1-2-5-7(6)9-4-8-5;9-7(10)5-6-3-1-2-4-8-6;8-6(9)5-3-1-2-4-7-5;1-6-4-2-3-5-7-6;1-7-3-2-6-5(7)4-8;7-2-4-1-5-3-6-4/h1-5,12H,(H,13,14);1-6,11H;1-4,10H,(H,8,9);1-4H,5H2,(H,9,10);1-4H,(H,8,9);2-5H,1H3;2-3,8H,4H2,1H3;1,3,7H,2H2,(H,5,6). The molecule has 11 rings (SSSR count). The number of hydrogen-bond acceptors (Lipinski definition) is 16. The number of imidazole rings is 3. The molecule has 76 heavy (non-hydrogen) atoms. The Morgan fingerprint density at radius 2 is 1.13 bits per heavy atom. The number of carboxylic acid groups (broad SMARTS) is 3. The number of aromatic nitrogens is 11. The van der Waals surface area contributed by atoms with Gasteiger partial charge in [-0.25, -0.2) is 34.5 Å². The molecule has 11 aromatic rings. The van der Waals surface area contributed by atoms with E-state index in [1.54, 1.807) is 121 Å². The van der Waals surface area contributed by atoms with Crippen LogP contribution in [0.2, 0.25) is 0 Å². The molecule has 10 N–H and O–H groups in total. The Morgan fingerprint density at radius 3 is 1.59 bits per heavy atom. The minimum atomic E-state index is -1.10. The van der Waals surface area contributed by atoms with E-state index in [9.17, 15) is 29.7 Å². The minimum Gasteiger partial charge on any atom is -0.506 e. The van der Waals surface area contributed by atoms with E-state index in [4.69, 9.17) is 25.5 Å². The number of aryl methyl sites for hydroxylation is 2. The molecule has 0 bridgehead atoms. The van der Waals surface area contributed by atoms with E-state index in [-0.39, 0.29) is 48.3 Å². The topological polar surface area (TPSA) is 353 Å². The van der Waals surface area contributed by atoms with E-state index in [1.807, 2.05) is 56.4 Å². The third-order valence-corrected chi connectivity index (χ3v) is 9.50. The van der Waals surface area contributed by atoms with Gasteiger partial charge in [-0.3, -0.25) is 19.7 Å². The summed E-state index contributed by atoms with van der Waals surface area (Å²) in [6.07, 6.45) is 14.6. The lowest BCUT2D eigenvalue weighted by Gasteiger charge is -2.00. The SMILES string of the molecule is Cc1ccccn1.Cn1ccnc1CO.O=C(O)Cc1ccccn1.O=C(O)c1ccc2cccc(O)c2n1.O=C(O)c1ccccn1.OCc1cnc[nH]1.Oc1cccc2[nH]cnc12.Oc1cccc2cccnc12. The number of benzene rings is 3. The van der Waals surface area contributed by atoms with Crippen LogP contribution in [-0.2, 0) is 31.5 Å². The van der Waals surface area contributed by atoms with Crippen LogP contribution in [0.15, 0.2) is 189 Å². The van der Waals surface area contributed by atoms with E-state index in [0.717, 1.165) is 27.7 Å². The molecule has 390 valence electrons. The average molecular weight is 1030 g/mol. The number of hydrogen-bond donors (Lipinski definition) is 10. The van der Waals surface area contributed by atoms with Gasteiger partial charge in [0.15, 0.2) is 0 Å². The lowest BCUT2D eigenvalue weighted by molar-refractivity contribution is -0.136. The number of para-hydroxylation sites is 3. The number of aliphatic hydroxyl groups excluding tert-OH is 2. The Balaban J connectivity index is 0.000000190. The van der Waals surface area contributed by atoms with Gasteiger partial charge in [0.2, 0.25) is 0 Å². The molecule has 8 aromatic heterocycles. The smallest absolute Gasteiger partial charge is 0.354 e. The van der Waals surface area contributed by atoms with Crippen LogP contribution in [0.5, 0.6) is 17.2 Å². The maximum absolute atomic E-state index is 10.6. The van der Waals surface area contributed by atoms with Crippen LogP contribution in [0.3, 0.4) is 0 Å². The number of carboxylic acids is 3. The predicted molar refractivity (Wildman–Crippen MR) is 281 cm³/mol. The Labute approximate surface area is 433 Å². The fraction of sp³-hybridized carbons (Fsp3) is 0.0926. The van der Waals surface area contributed by atoms with Gasteiger partial charge in [-0.05, 0) is 79.7 Å². The average Bonchev–Trinajstić information content (AvgIpc) is 4.25. The summed E-state index contributed by atoms with van der Waals surface area (Å²) in [5, 5.41) is 71.8. The van der Waals surface area contributed by atoms with Gasteiger partial charge in [-0.1, -0.05) is 60.7 Å². The van der Waals surface area contributed by atoms with Crippen molar-refractivity contribution in [3.8, 4) is 17.2 Å². The molecule has 0 amide bonds. The monoisotopic (exact) mass is 1030 g/mol. The van der Waals surface area contributed by atoms with Gasteiger partial charge in [0.05, 0.1) is 48.8 Å². The van der Waals surface area contributed by atoms with Gasteiger partial charge < -0.3 is 55.4 Å². The molecule has 0 spiro atoms. The summed E-state index contributed by atoms with van der Waals surface area (Å²) in [6, 6.07) is 38.1. The van der Waals surface area contributed by atoms with Crippen LogP contribution >= 0.6 is 0 Å². The predicted octanol–water partition coefficient (Wildman–Crippen LogP) is 7.54. The zero-order valence-electron chi connectivity index (χ0n) is 40.8.